The third-order valence-electron chi connectivity index (χ3n) is 5.71. The van der Waals surface area contributed by atoms with E-state index in [1.807, 2.05) is 12.1 Å². The van der Waals surface area contributed by atoms with E-state index in [0.29, 0.717) is 6.42 Å². The molecule has 0 saturated carbocycles. The van der Waals surface area contributed by atoms with Crippen LogP contribution in [0.15, 0.2) is 97.8 Å². The van der Waals surface area contributed by atoms with Crippen LogP contribution in [0.3, 0.4) is 0 Å². The fourth-order valence-electron chi connectivity index (χ4n) is 4.26. The Hall–Kier alpha value is -3.75. The van der Waals surface area contributed by atoms with E-state index in [2.05, 4.69) is 80.6 Å². The van der Waals surface area contributed by atoms with Crippen LogP contribution in [0.5, 0.6) is 0 Å². The Kier molecular flexibility index (Phi) is 6.24. The van der Waals surface area contributed by atoms with Crippen molar-refractivity contribution in [2.24, 2.45) is 0 Å². The number of nitrogens with zero attached hydrogens (tertiary/aromatic N) is 4. The number of benzene rings is 4. The monoisotopic (exact) mass is 617 g/mol. The fraction of sp³-hybridized carbons (Fsp3) is 0.0345. The molecule has 0 bridgehead atoms. The summed E-state index contributed by atoms with van der Waals surface area (Å²) in [7, 11) is 0. The van der Waals surface area contributed by atoms with E-state index in [9.17, 15) is 0 Å². The first-order valence-corrected chi connectivity index (χ1v) is 10.8. The van der Waals surface area contributed by atoms with E-state index >= 15 is 0 Å². The molecule has 4 nitrogen and oxygen atoms in total. The molecular weight excluding hydrogens is 599 g/mol. The topological polar surface area (TPSA) is 51.6 Å². The third kappa shape index (κ3) is 4.25. The van der Waals surface area contributed by atoms with Gasteiger partial charge in [-0.3, -0.25) is 9.97 Å². The molecule has 0 unspecified atom stereocenters. The summed E-state index contributed by atoms with van der Waals surface area (Å²) in [6, 6.07) is 28.3. The molecule has 0 spiro atoms. The van der Waals surface area contributed by atoms with Gasteiger partial charge in [-0.2, -0.15) is 0 Å². The molecule has 0 amide bonds. The van der Waals surface area contributed by atoms with Crippen LogP contribution in [-0.4, -0.2) is 19.9 Å². The van der Waals surface area contributed by atoms with Crippen molar-refractivity contribution in [3.8, 4) is 22.5 Å². The molecule has 0 atom stereocenters. The molecule has 0 aliphatic heterocycles. The second kappa shape index (κ2) is 9.62. The Morgan fingerprint density at radius 1 is 0.588 bits per heavy atom. The summed E-state index contributed by atoms with van der Waals surface area (Å²) in [5, 5.41) is 4.54. The van der Waals surface area contributed by atoms with Gasteiger partial charge in [0.2, 0.25) is 0 Å². The third-order valence-corrected chi connectivity index (χ3v) is 5.71. The Morgan fingerprint density at radius 2 is 1.06 bits per heavy atom. The molecule has 4 aromatic carbocycles. The van der Waals surface area contributed by atoms with Crippen molar-refractivity contribution in [3.63, 3.8) is 0 Å². The van der Waals surface area contributed by atoms with E-state index in [1.54, 1.807) is 37.2 Å². The van der Waals surface area contributed by atoms with Gasteiger partial charge < -0.3 is 9.97 Å². The second-order valence-corrected chi connectivity index (χ2v) is 7.87. The molecule has 0 aliphatic rings. The molecule has 0 saturated heterocycles. The van der Waals surface area contributed by atoms with Crippen molar-refractivity contribution < 1.29 is 21.1 Å². The van der Waals surface area contributed by atoms with Gasteiger partial charge in [0.15, 0.2) is 0 Å². The van der Waals surface area contributed by atoms with Crippen molar-refractivity contribution in [3.05, 3.63) is 121 Å². The number of fused-ring (bicyclic) bond motifs is 2. The first kappa shape index (κ1) is 22.1. The first-order chi connectivity index (χ1) is 16.3. The fourth-order valence-corrected chi connectivity index (χ4v) is 4.26. The minimum Gasteiger partial charge on any atom is -0.302 e. The molecule has 2 aromatic heterocycles. The van der Waals surface area contributed by atoms with Crippen LogP contribution in [0.25, 0.3) is 44.1 Å². The zero-order valence-electron chi connectivity index (χ0n) is 18.0. The minimum absolute atomic E-state index is 0. The van der Waals surface area contributed by atoms with Gasteiger partial charge in [-0.25, -0.2) is 0 Å². The summed E-state index contributed by atoms with van der Waals surface area (Å²) in [4.78, 5) is 17.6. The van der Waals surface area contributed by atoms with Crippen LogP contribution in [-0.2, 0) is 27.5 Å². The van der Waals surface area contributed by atoms with Gasteiger partial charge in [-0.05, 0) is 6.42 Å². The molecule has 6 rings (SSSR count). The molecule has 2 heterocycles. The molecule has 0 fully saturated rings. The summed E-state index contributed by atoms with van der Waals surface area (Å²) >= 11 is 0. The summed E-state index contributed by atoms with van der Waals surface area (Å²) in [6.45, 7) is 0. The Bertz CT molecular complexity index is 1460. The van der Waals surface area contributed by atoms with Crippen molar-refractivity contribution in [2.45, 2.75) is 6.42 Å². The molecule has 34 heavy (non-hydrogen) atoms. The SMILES string of the molecule is [Pt+2].[c-]1c(Cc2[c-]c(-c3cnccn3)c3ccccc3c2)cc2ccccc2c1-c1cnccn1. The molecular formula is C29H18N4Pt. The number of aromatic nitrogens is 4. The van der Waals surface area contributed by atoms with Crippen molar-refractivity contribution in [1.82, 2.24) is 19.9 Å². The van der Waals surface area contributed by atoms with Gasteiger partial charge in [0.1, 0.15) is 0 Å². The van der Waals surface area contributed by atoms with E-state index in [4.69, 9.17) is 0 Å². The van der Waals surface area contributed by atoms with E-state index in [0.717, 1.165) is 55.2 Å². The van der Waals surface area contributed by atoms with E-state index in [1.165, 1.54) is 0 Å². The van der Waals surface area contributed by atoms with Crippen LogP contribution in [0, 0.1) is 12.1 Å². The molecule has 6 aromatic rings. The second-order valence-electron chi connectivity index (χ2n) is 7.87. The first-order valence-electron chi connectivity index (χ1n) is 10.8. The molecule has 164 valence electrons. The van der Waals surface area contributed by atoms with E-state index < -0.39 is 0 Å². The van der Waals surface area contributed by atoms with Crippen LogP contribution >= 0.6 is 0 Å². The number of hydrogen-bond donors (Lipinski definition) is 0. The quantitative estimate of drug-likeness (QED) is 0.225. The van der Waals surface area contributed by atoms with Crippen molar-refractivity contribution in [1.29, 1.82) is 0 Å². The van der Waals surface area contributed by atoms with Gasteiger partial charge in [0, 0.05) is 48.6 Å². The Labute approximate surface area is 212 Å². The maximum absolute atomic E-state index is 4.53. The molecule has 0 N–H and O–H groups in total. The predicted octanol–water partition coefficient (Wildman–Crippen LogP) is 6.10. The van der Waals surface area contributed by atoms with Crippen LogP contribution in [0.4, 0.5) is 0 Å². The van der Waals surface area contributed by atoms with Crippen LogP contribution in [0.1, 0.15) is 11.1 Å². The van der Waals surface area contributed by atoms with Gasteiger partial charge in [0.25, 0.3) is 0 Å². The largest absolute Gasteiger partial charge is 2.00 e. The van der Waals surface area contributed by atoms with E-state index in [-0.39, 0.29) is 21.1 Å². The Morgan fingerprint density at radius 3 is 1.50 bits per heavy atom. The standard InChI is InChI=1S/C29H18N4.Pt/c1-3-7-24-22(5-1)14-20(16-26(24)28-18-30-9-11-32-28)13-21-15-23-6-2-4-8-25(23)27(17-21)29-19-31-10-12-33-29;/h1-12,14-15,18-19H,13H2;/q-2;+2. The predicted molar refractivity (Wildman–Crippen MR) is 130 cm³/mol. The summed E-state index contributed by atoms with van der Waals surface area (Å²) < 4.78 is 0. The summed E-state index contributed by atoms with van der Waals surface area (Å²) in [5.74, 6) is 0. The van der Waals surface area contributed by atoms with Gasteiger partial charge in [-0.15, -0.1) is 57.3 Å². The summed E-state index contributed by atoms with van der Waals surface area (Å²) in [6.07, 6.45) is 11.1. The zero-order chi connectivity index (χ0) is 22.0. The number of rotatable bonds is 4. The average molecular weight is 618 g/mol. The maximum Gasteiger partial charge on any atom is 2.00 e. The normalized spacial score (nSPS) is 10.8. The number of hydrogen-bond acceptors (Lipinski definition) is 4. The smallest absolute Gasteiger partial charge is 0.302 e. The maximum atomic E-state index is 4.53. The molecule has 0 radical (unpaired) electrons. The molecule has 0 aliphatic carbocycles. The van der Waals surface area contributed by atoms with Gasteiger partial charge in [0.05, 0.1) is 0 Å². The molecule has 5 heteroatoms. The van der Waals surface area contributed by atoms with Gasteiger partial charge >= 0.3 is 21.1 Å². The van der Waals surface area contributed by atoms with Crippen molar-refractivity contribution in [2.75, 3.05) is 0 Å². The van der Waals surface area contributed by atoms with Crippen LogP contribution in [0.2, 0.25) is 0 Å². The summed E-state index contributed by atoms with van der Waals surface area (Å²) in [5.41, 5.74) is 5.71. The average Bonchev–Trinajstić information content (AvgIpc) is 2.89. The van der Waals surface area contributed by atoms with Gasteiger partial charge in [-0.1, -0.05) is 59.3 Å². The Balaban J connectivity index is 0.00000241. The van der Waals surface area contributed by atoms with Crippen molar-refractivity contribution >= 4 is 21.5 Å². The van der Waals surface area contributed by atoms with Crippen LogP contribution < -0.4 is 0 Å². The zero-order valence-corrected chi connectivity index (χ0v) is 20.3. The minimum atomic E-state index is 0.